The van der Waals surface area contributed by atoms with E-state index in [-0.39, 0.29) is 6.04 Å². The van der Waals surface area contributed by atoms with Crippen LogP contribution in [0.1, 0.15) is 24.9 Å². The Balaban J connectivity index is 2.93. The molecule has 0 saturated heterocycles. The molecule has 1 aromatic carbocycles. The molecular weight excluding hydrogens is 216 g/mol. The minimum absolute atomic E-state index is 0.121. The topological polar surface area (TPSA) is 56.5 Å². The second-order valence-corrected chi connectivity index (χ2v) is 3.85. The number of rotatable bonds is 7. The average molecular weight is 238 g/mol. The van der Waals surface area contributed by atoms with Crippen LogP contribution in [0.2, 0.25) is 0 Å². The average Bonchev–Trinajstić information content (AvgIpc) is 2.39. The maximum atomic E-state index is 5.79. The van der Waals surface area contributed by atoms with Gasteiger partial charge >= 0.3 is 0 Å². The lowest BCUT2D eigenvalue weighted by Gasteiger charge is -2.20. The highest BCUT2D eigenvalue weighted by Gasteiger charge is 2.14. The minimum Gasteiger partial charge on any atom is -0.497 e. The van der Waals surface area contributed by atoms with Crippen LogP contribution in [0, 0.1) is 0 Å². The Hall–Kier alpha value is -1.26. The van der Waals surface area contributed by atoms with Gasteiger partial charge in [0.15, 0.2) is 0 Å². The third kappa shape index (κ3) is 3.61. The molecule has 1 atom stereocenters. The highest BCUT2D eigenvalue weighted by atomic mass is 16.5. The van der Waals surface area contributed by atoms with E-state index in [0.29, 0.717) is 6.54 Å². The Morgan fingerprint density at radius 2 is 2.06 bits per heavy atom. The molecule has 1 aromatic rings. The summed E-state index contributed by atoms with van der Waals surface area (Å²) in [6, 6.07) is 5.92. The molecule has 0 aliphatic rings. The van der Waals surface area contributed by atoms with Gasteiger partial charge in [-0.15, -0.1) is 0 Å². The number of hydrogen-bond acceptors (Lipinski definition) is 4. The van der Waals surface area contributed by atoms with Gasteiger partial charge in [0.2, 0.25) is 0 Å². The summed E-state index contributed by atoms with van der Waals surface area (Å²) in [5.41, 5.74) is 6.86. The van der Waals surface area contributed by atoms with Crippen molar-refractivity contribution in [2.24, 2.45) is 5.73 Å². The standard InChI is InChI=1S/C13H22N2O2/c1-4-7-15-12(9-14)11-6-5-10(16-2)8-13(11)17-3/h5-6,8,12,15H,4,7,9,14H2,1-3H3. The number of ether oxygens (including phenoxy) is 2. The van der Waals surface area contributed by atoms with Gasteiger partial charge in [-0.25, -0.2) is 0 Å². The van der Waals surface area contributed by atoms with Gasteiger partial charge in [-0.3, -0.25) is 0 Å². The molecule has 0 radical (unpaired) electrons. The van der Waals surface area contributed by atoms with Crippen molar-refractivity contribution in [3.8, 4) is 11.5 Å². The summed E-state index contributed by atoms with van der Waals surface area (Å²) in [7, 11) is 3.30. The summed E-state index contributed by atoms with van der Waals surface area (Å²) in [6.07, 6.45) is 1.08. The van der Waals surface area contributed by atoms with Crippen molar-refractivity contribution >= 4 is 0 Å². The lowest BCUT2D eigenvalue weighted by molar-refractivity contribution is 0.384. The quantitative estimate of drug-likeness (QED) is 0.759. The zero-order chi connectivity index (χ0) is 12.7. The Bertz CT molecular complexity index is 342. The summed E-state index contributed by atoms with van der Waals surface area (Å²) >= 11 is 0. The molecule has 3 N–H and O–H groups in total. The molecule has 4 nitrogen and oxygen atoms in total. The first kappa shape index (κ1) is 13.8. The van der Waals surface area contributed by atoms with E-state index in [1.807, 2.05) is 18.2 Å². The number of hydrogen-bond donors (Lipinski definition) is 2. The fourth-order valence-electron chi connectivity index (χ4n) is 1.75. The van der Waals surface area contributed by atoms with Gasteiger partial charge in [-0.1, -0.05) is 13.0 Å². The molecule has 0 aliphatic heterocycles. The molecule has 0 bridgehead atoms. The molecule has 0 spiro atoms. The van der Waals surface area contributed by atoms with Crippen molar-refractivity contribution in [3.63, 3.8) is 0 Å². The first-order valence-corrected chi connectivity index (χ1v) is 5.92. The normalized spacial score (nSPS) is 12.2. The van der Waals surface area contributed by atoms with Crippen molar-refractivity contribution in [1.82, 2.24) is 5.32 Å². The highest BCUT2D eigenvalue weighted by molar-refractivity contribution is 5.42. The highest BCUT2D eigenvalue weighted by Crippen LogP contribution is 2.29. The predicted octanol–water partition coefficient (Wildman–Crippen LogP) is 1.70. The summed E-state index contributed by atoms with van der Waals surface area (Å²) in [5.74, 6) is 1.60. The Morgan fingerprint density at radius 1 is 1.29 bits per heavy atom. The number of benzene rings is 1. The van der Waals surface area contributed by atoms with Gasteiger partial charge in [0, 0.05) is 24.2 Å². The van der Waals surface area contributed by atoms with Gasteiger partial charge in [0.05, 0.1) is 14.2 Å². The predicted molar refractivity (Wildman–Crippen MR) is 69.6 cm³/mol. The Morgan fingerprint density at radius 3 is 2.59 bits per heavy atom. The van der Waals surface area contributed by atoms with E-state index in [4.69, 9.17) is 15.2 Å². The van der Waals surface area contributed by atoms with Crippen LogP contribution in [-0.4, -0.2) is 27.3 Å². The SMILES string of the molecule is CCCNC(CN)c1ccc(OC)cc1OC. The monoisotopic (exact) mass is 238 g/mol. The van der Waals surface area contributed by atoms with Gasteiger partial charge in [0.1, 0.15) is 11.5 Å². The van der Waals surface area contributed by atoms with Crippen molar-refractivity contribution in [2.75, 3.05) is 27.3 Å². The third-order valence-electron chi connectivity index (χ3n) is 2.69. The maximum Gasteiger partial charge on any atom is 0.127 e. The Kier molecular flexibility index (Phi) is 5.80. The lowest BCUT2D eigenvalue weighted by atomic mass is 10.1. The van der Waals surface area contributed by atoms with Crippen molar-refractivity contribution in [1.29, 1.82) is 0 Å². The maximum absolute atomic E-state index is 5.79. The van der Waals surface area contributed by atoms with E-state index in [1.165, 1.54) is 0 Å². The number of nitrogens with two attached hydrogens (primary N) is 1. The molecule has 1 rings (SSSR count). The fraction of sp³-hybridized carbons (Fsp3) is 0.538. The molecule has 4 heteroatoms. The van der Waals surface area contributed by atoms with Crippen molar-refractivity contribution in [2.45, 2.75) is 19.4 Å². The third-order valence-corrected chi connectivity index (χ3v) is 2.69. The van der Waals surface area contributed by atoms with Crippen LogP contribution in [0.3, 0.4) is 0 Å². The van der Waals surface area contributed by atoms with Crippen LogP contribution in [0.5, 0.6) is 11.5 Å². The molecule has 96 valence electrons. The fourth-order valence-corrected chi connectivity index (χ4v) is 1.75. The molecule has 0 saturated carbocycles. The molecule has 0 aliphatic carbocycles. The minimum atomic E-state index is 0.121. The summed E-state index contributed by atoms with van der Waals surface area (Å²) in [6.45, 7) is 3.62. The number of methoxy groups -OCH3 is 2. The van der Waals surface area contributed by atoms with Crippen LogP contribution in [-0.2, 0) is 0 Å². The van der Waals surface area contributed by atoms with Gasteiger partial charge in [-0.05, 0) is 19.0 Å². The summed E-state index contributed by atoms with van der Waals surface area (Å²) < 4.78 is 10.5. The zero-order valence-electron chi connectivity index (χ0n) is 10.8. The van der Waals surface area contributed by atoms with Crippen molar-refractivity contribution in [3.05, 3.63) is 23.8 Å². The van der Waals surface area contributed by atoms with Crippen LogP contribution in [0.25, 0.3) is 0 Å². The van der Waals surface area contributed by atoms with E-state index in [0.717, 1.165) is 30.0 Å². The first-order valence-electron chi connectivity index (χ1n) is 5.92. The van der Waals surface area contributed by atoms with Gasteiger partial charge < -0.3 is 20.5 Å². The van der Waals surface area contributed by atoms with Crippen LogP contribution in [0.15, 0.2) is 18.2 Å². The van der Waals surface area contributed by atoms with Gasteiger partial charge in [0.25, 0.3) is 0 Å². The van der Waals surface area contributed by atoms with Gasteiger partial charge in [-0.2, -0.15) is 0 Å². The van der Waals surface area contributed by atoms with Crippen LogP contribution >= 0.6 is 0 Å². The largest absolute Gasteiger partial charge is 0.497 e. The lowest BCUT2D eigenvalue weighted by Crippen LogP contribution is -2.29. The second kappa shape index (κ2) is 7.14. The first-order chi connectivity index (χ1) is 8.26. The molecule has 17 heavy (non-hydrogen) atoms. The molecular formula is C13H22N2O2. The molecule has 0 fully saturated rings. The Labute approximate surface area is 103 Å². The van der Waals surface area contributed by atoms with E-state index in [2.05, 4.69) is 12.2 Å². The molecule has 0 aromatic heterocycles. The molecule has 0 amide bonds. The summed E-state index contributed by atoms with van der Waals surface area (Å²) in [4.78, 5) is 0. The van der Waals surface area contributed by atoms with Crippen LogP contribution < -0.4 is 20.5 Å². The van der Waals surface area contributed by atoms with E-state index in [9.17, 15) is 0 Å². The smallest absolute Gasteiger partial charge is 0.127 e. The van der Waals surface area contributed by atoms with E-state index < -0.39 is 0 Å². The van der Waals surface area contributed by atoms with Crippen LogP contribution in [0.4, 0.5) is 0 Å². The molecule has 0 heterocycles. The second-order valence-electron chi connectivity index (χ2n) is 3.85. The number of nitrogens with one attached hydrogen (secondary N) is 1. The van der Waals surface area contributed by atoms with E-state index >= 15 is 0 Å². The zero-order valence-corrected chi connectivity index (χ0v) is 10.8. The molecule has 1 unspecified atom stereocenters. The summed E-state index contributed by atoms with van der Waals surface area (Å²) in [5, 5.41) is 3.40. The van der Waals surface area contributed by atoms with Crippen molar-refractivity contribution < 1.29 is 9.47 Å². The van der Waals surface area contributed by atoms with E-state index in [1.54, 1.807) is 14.2 Å².